The topological polar surface area (TPSA) is 20.3 Å². The summed E-state index contributed by atoms with van der Waals surface area (Å²) in [5, 5.41) is 0. The summed E-state index contributed by atoms with van der Waals surface area (Å²) in [5.41, 5.74) is 4.20. The molecule has 0 aliphatic heterocycles. The van der Waals surface area contributed by atoms with Crippen molar-refractivity contribution >= 4 is 21.8 Å². The lowest BCUT2D eigenvalue weighted by Gasteiger charge is -2.21. The Balaban J connectivity index is 2.20. The molecule has 2 aromatic rings. The molecule has 0 N–H and O–H groups in total. The van der Waals surface area contributed by atoms with Crippen LogP contribution in [0.25, 0.3) is 0 Å². The number of nitrogens with zero attached hydrogens (tertiary/aromatic N) is 1. The molecule has 0 heterocycles. The van der Waals surface area contributed by atoms with Gasteiger partial charge in [-0.1, -0.05) is 45.8 Å². The van der Waals surface area contributed by atoms with Crippen LogP contribution in [0.1, 0.15) is 34.0 Å². The summed E-state index contributed by atoms with van der Waals surface area (Å²) < 4.78 is 1.03. The van der Waals surface area contributed by atoms with Crippen LogP contribution in [0.4, 0.5) is 0 Å². The van der Waals surface area contributed by atoms with Crippen molar-refractivity contribution in [2.45, 2.75) is 27.3 Å². The van der Waals surface area contributed by atoms with Crippen molar-refractivity contribution in [2.75, 3.05) is 6.54 Å². The minimum atomic E-state index is 0.0783. The number of carbonyl (C=O) groups excluding carboxylic acids is 1. The van der Waals surface area contributed by atoms with Crippen LogP contribution in [0.5, 0.6) is 0 Å². The fourth-order valence-electron chi connectivity index (χ4n) is 2.32. The van der Waals surface area contributed by atoms with Crippen molar-refractivity contribution in [2.24, 2.45) is 0 Å². The minimum Gasteiger partial charge on any atom is -0.335 e. The molecule has 0 fully saturated rings. The molecule has 0 atom stereocenters. The monoisotopic (exact) mass is 345 g/mol. The van der Waals surface area contributed by atoms with Crippen molar-refractivity contribution in [3.63, 3.8) is 0 Å². The van der Waals surface area contributed by atoms with E-state index in [1.807, 2.05) is 43.0 Å². The highest BCUT2D eigenvalue weighted by atomic mass is 79.9. The number of rotatable bonds is 4. The van der Waals surface area contributed by atoms with Crippen molar-refractivity contribution < 1.29 is 4.79 Å². The second kappa shape index (κ2) is 6.90. The maximum Gasteiger partial charge on any atom is 0.254 e. The Bertz CT molecular complexity index is 651. The molecule has 0 bridgehead atoms. The molecule has 0 radical (unpaired) electrons. The molecule has 3 heteroatoms. The lowest BCUT2D eigenvalue weighted by Crippen LogP contribution is -2.30. The zero-order valence-electron chi connectivity index (χ0n) is 12.7. The van der Waals surface area contributed by atoms with E-state index in [-0.39, 0.29) is 5.91 Å². The van der Waals surface area contributed by atoms with Crippen molar-refractivity contribution in [3.8, 4) is 0 Å². The third-order valence-corrected chi connectivity index (χ3v) is 4.42. The van der Waals surface area contributed by atoms with Gasteiger partial charge >= 0.3 is 0 Å². The quantitative estimate of drug-likeness (QED) is 0.784. The highest BCUT2D eigenvalue weighted by Crippen LogP contribution is 2.19. The molecule has 2 aromatic carbocycles. The van der Waals surface area contributed by atoms with Crippen LogP contribution < -0.4 is 0 Å². The Morgan fingerprint density at radius 3 is 2.52 bits per heavy atom. The SMILES string of the molecule is CCN(Cc1cccc(C)c1)C(=O)c1ccc(Br)c(C)c1. The molecular weight excluding hydrogens is 326 g/mol. The molecule has 21 heavy (non-hydrogen) atoms. The zero-order valence-corrected chi connectivity index (χ0v) is 14.3. The van der Waals surface area contributed by atoms with Crippen LogP contribution in [-0.4, -0.2) is 17.4 Å². The molecule has 1 amide bonds. The van der Waals surface area contributed by atoms with Crippen molar-refractivity contribution in [1.29, 1.82) is 0 Å². The second-order valence-corrected chi connectivity index (χ2v) is 6.13. The second-order valence-electron chi connectivity index (χ2n) is 5.27. The number of carbonyl (C=O) groups is 1. The number of amides is 1. The molecule has 2 rings (SSSR count). The predicted octanol–water partition coefficient (Wildman–Crippen LogP) is 4.73. The van der Waals surface area contributed by atoms with Gasteiger partial charge in [0.25, 0.3) is 5.91 Å². The Morgan fingerprint density at radius 2 is 1.90 bits per heavy atom. The van der Waals surface area contributed by atoms with E-state index in [1.54, 1.807) is 0 Å². The van der Waals surface area contributed by atoms with E-state index < -0.39 is 0 Å². The van der Waals surface area contributed by atoms with E-state index in [0.29, 0.717) is 13.1 Å². The molecule has 2 nitrogen and oxygen atoms in total. The molecule has 0 saturated heterocycles. The third-order valence-electron chi connectivity index (χ3n) is 3.53. The van der Waals surface area contributed by atoms with Gasteiger partial charge in [0.2, 0.25) is 0 Å². The van der Waals surface area contributed by atoms with E-state index in [4.69, 9.17) is 0 Å². The van der Waals surface area contributed by atoms with Crippen LogP contribution in [0.2, 0.25) is 0 Å². The summed E-state index contributed by atoms with van der Waals surface area (Å²) in [6.07, 6.45) is 0. The smallest absolute Gasteiger partial charge is 0.254 e. The molecule has 0 aromatic heterocycles. The maximum absolute atomic E-state index is 12.6. The third kappa shape index (κ3) is 3.94. The van der Waals surface area contributed by atoms with Gasteiger partial charge in [0.05, 0.1) is 0 Å². The Hall–Kier alpha value is -1.61. The first-order chi connectivity index (χ1) is 10.0. The van der Waals surface area contributed by atoms with Crippen LogP contribution in [-0.2, 0) is 6.54 Å². The highest BCUT2D eigenvalue weighted by Gasteiger charge is 2.15. The van der Waals surface area contributed by atoms with E-state index >= 15 is 0 Å². The van der Waals surface area contributed by atoms with Gasteiger partial charge in [-0.2, -0.15) is 0 Å². The average molecular weight is 346 g/mol. The molecule has 0 aliphatic carbocycles. The number of hydrogen-bond acceptors (Lipinski definition) is 1. The first kappa shape index (κ1) is 15.8. The highest BCUT2D eigenvalue weighted by molar-refractivity contribution is 9.10. The van der Waals surface area contributed by atoms with Crippen LogP contribution in [0, 0.1) is 13.8 Å². The van der Waals surface area contributed by atoms with Gasteiger partial charge < -0.3 is 4.90 Å². The lowest BCUT2D eigenvalue weighted by atomic mass is 10.1. The molecule has 0 spiro atoms. The molecule has 110 valence electrons. The minimum absolute atomic E-state index is 0.0783. The Labute approximate surface area is 134 Å². The summed E-state index contributed by atoms with van der Waals surface area (Å²) in [4.78, 5) is 14.5. The normalized spacial score (nSPS) is 10.5. The largest absolute Gasteiger partial charge is 0.335 e. The maximum atomic E-state index is 12.6. The van der Waals surface area contributed by atoms with Gasteiger partial charge in [0.1, 0.15) is 0 Å². The Kier molecular flexibility index (Phi) is 5.18. The first-order valence-electron chi connectivity index (χ1n) is 7.12. The fourth-order valence-corrected chi connectivity index (χ4v) is 2.57. The van der Waals surface area contributed by atoms with Gasteiger partial charge in [-0.05, 0) is 50.1 Å². The van der Waals surface area contributed by atoms with Gasteiger partial charge in [-0.25, -0.2) is 0 Å². The standard InChI is InChI=1S/C18H20BrNO/c1-4-20(12-15-7-5-6-13(2)10-15)18(21)16-8-9-17(19)14(3)11-16/h5-11H,4,12H2,1-3H3. The van der Waals surface area contributed by atoms with Crippen LogP contribution >= 0.6 is 15.9 Å². The lowest BCUT2D eigenvalue weighted by molar-refractivity contribution is 0.0752. The van der Waals surface area contributed by atoms with E-state index in [2.05, 4.69) is 41.1 Å². The van der Waals surface area contributed by atoms with Crippen LogP contribution in [0.15, 0.2) is 46.9 Å². The van der Waals surface area contributed by atoms with Crippen LogP contribution in [0.3, 0.4) is 0 Å². The van der Waals surface area contributed by atoms with Gasteiger partial charge in [-0.3, -0.25) is 4.79 Å². The molecule has 0 unspecified atom stereocenters. The molecular formula is C18H20BrNO. The van der Waals surface area contributed by atoms with Gasteiger partial charge in [0.15, 0.2) is 0 Å². The summed E-state index contributed by atoms with van der Waals surface area (Å²) in [6, 6.07) is 14.0. The summed E-state index contributed by atoms with van der Waals surface area (Å²) in [6.45, 7) is 7.42. The van der Waals surface area contributed by atoms with E-state index in [0.717, 1.165) is 15.6 Å². The van der Waals surface area contributed by atoms with Gasteiger partial charge in [0, 0.05) is 23.1 Å². The van der Waals surface area contributed by atoms with E-state index in [9.17, 15) is 4.79 Å². The van der Waals surface area contributed by atoms with E-state index in [1.165, 1.54) is 11.1 Å². The fraction of sp³-hybridized carbons (Fsp3) is 0.278. The summed E-state index contributed by atoms with van der Waals surface area (Å²) >= 11 is 3.47. The summed E-state index contributed by atoms with van der Waals surface area (Å²) in [5.74, 6) is 0.0783. The predicted molar refractivity (Wildman–Crippen MR) is 90.5 cm³/mol. The number of hydrogen-bond donors (Lipinski definition) is 0. The zero-order chi connectivity index (χ0) is 15.4. The number of benzene rings is 2. The summed E-state index contributed by atoms with van der Waals surface area (Å²) in [7, 11) is 0. The number of halogens is 1. The molecule has 0 aliphatic rings. The first-order valence-corrected chi connectivity index (χ1v) is 7.91. The Morgan fingerprint density at radius 1 is 1.14 bits per heavy atom. The molecule has 0 saturated carbocycles. The van der Waals surface area contributed by atoms with Crippen molar-refractivity contribution in [3.05, 3.63) is 69.2 Å². The average Bonchev–Trinajstić information content (AvgIpc) is 2.47. The van der Waals surface area contributed by atoms with Crippen molar-refractivity contribution in [1.82, 2.24) is 4.90 Å². The number of aryl methyl sites for hydroxylation is 2. The van der Waals surface area contributed by atoms with Gasteiger partial charge in [-0.15, -0.1) is 0 Å².